The summed E-state index contributed by atoms with van der Waals surface area (Å²) in [5.41, 5.74) is 1.41. The number of nitrogens with one attached hydrogen (secondary N) is 1. The first-order valence-electron chi connectivity index (χ1n) is 7.63. The summed E-state index contributed by atoms with van der Waals surface area (Å²) in [6.45, 7) is 0. The molecular weight excluding hydrogens is 416 g/mol. The Kier molecular flexibility index (Phi) is 4.36. The number of anilines is 2. The van der Waals surface area contributed by atoms with E-state index < -0.39 is 4.92 Å². The van der Waals surface area contributed by atoms with Gasteiger partial charge in [-0.1, -0.05) is 28.1 Å². The molecule has 4 rings (SSSR count). The van der Waals surface area contributed by atoms with Crippen molar-refractivity contribution in [1.29, 1.82) is 0 Å². The standard InChI is InChI=1S/C18H11BrN4O2S/c19-11-6-7-15-14(9-11)17(22-18(21-15)16-5-2-8-26-16)20-12-3-1-4-13(10-12)23(24)25/h1-10H,(H,20,21,22). The molecular formula is C18H11BrN4O2S. The molecule has 0 bridgehead atoms. The summed E-state index contributed by atoms with van der Waals surface area (Å²) in [5.74, 6) is 1.21. The van der Waals surface area contributed by atoms with Gasteiger partial charge in [0.2, 0.25) is 0 Å². The van der Waals surface area contributed by atoms with E-state index in [1.165, 1.54) is 12.1 Å². The highest BCUT2D eigenvalue weighted by Gasteiger charge is 2.12. The van der Waals surface area contributed by atoms with Gasteiger partial charge in [-0.3, -0.25) is 10.1 Å². The van der Waals surface area contributed by atoms with E-state index in [0.717, 1.165) is 20.3 Å². The number of nitro groups is 1. The van der Waals surface area contributed by atoms with Gasteiger partial charge < -0.3 is 5.32 Å². The Bertz CT molecular complexity index is 1120. The van der Waals surface area contributed by atoms with Gasteiger partial charge in [0.05, 0.1) is 15.3 Å². The van der Waals surface area contributed by atoms with Crippen LogP contribution in [0.3, 0.4) is 0 Å². The van der Waals surface area contributed by atoms with Gasteiger partial charge in [-0.15, -0.1) is 11.3 Å². The highest BCUT2D eigenvalue weighted by molar-refractivity contribution is 9.10. The van der Waals surface area contributed by atoms with Gasteiger partial charge in [-0.05, 0) is 35.7 Å². The van der Waals surface area contributed by atoms with E-state index >= 15 is 0 Å². The van der Waals surface area contributed by atoms with Gasteiger partial charge >= 0.3 is 0 Å². The quantitative estimate of drug-likeness (QED) is 0.330. The molecule has 128 valence electrons. The predicted octanol–water partition coefficient (Wildman–Crippen LogP) is 5.77. The van der Waals surface area contributed by atoms with Gasteiger partial charge in [0.1, 0.15) is 5.82 Å². The molecule has 0 aliphatic heterocycles. The molecule has 1 N–H and O–H groups in total. The van der Waals surface area contributed by atoms with Crippen LogP contribution in [0.4, 0.5) is 17.2 Å². The second-order valence-corrected chi connectivity index (χ2v) is 7.33. The van der Waals surface area contributed by atoms with Crippen molar-refractivity contribution in [2.45, 2.75) is 0 Å². The first-order chi connectivity index (χ1) is 12.6. The normalized spacial score (nSPS) is 10.8. The molecule has 2 heterocycles. The SMILES string of the molecule is O=[N+]([O-])c1cccc(Nc2nc(-c3cccs3)nc3ccc(Br)cc23)c1. The molecule has 0 atom stereocenters. The van der Waals surface area contributed by atoms with Crippen molar-refractivity contribution in [3.05, 3.63) is 74.6 Å². The smallest absolute Gasteiger partial charge is 0.271 e. The number of hydrogen-bond acceptors (Lipinski definition) is 6. The third-order valence-corrected chi connectivity index (χ3v) is 5.08. The van der Waals surface area contributed by atoms with E-state index in [-0.39, 0.29) is 5.69 Å². The number of aromatic nitrogens is 2. The van der Waals surface area contributed by atoms with Gasteiger partial charge in [-0.2, -0.15) is 0 Å². The molecule has 26 heavy (non-hydrogen) atoms. The average molecular weight is 427 g/mol. The molecule has 0 saturated heterocycles. The molecule has 0 aliphatic rings. The molecule has 2 aromatic carbocycles. The average Bonchev–Trinajstić information content (AvgIpc) is 3.17. The van der Waals surface area contributed by atoms with E-state index in [2.05, 4.69) is 31.2 Å². The zero-order valence-electron chi connectivity index (χ0n) is 13.2. The molecule has 2 aromatic heterocycles. The van der Waals surface area contributed by atoms with Gasteiger partial charge in [0, 0.05) is 27.7 Å². The maximum absolute atomic E-state index is 11.0. The van der Waals surface area contributed by atoms with Gasteiger partial charge in [0.25, 0.3) is 5.69 Å². The van der Waals surface area contributed by atoms with Crippen LogP contribution in [0.25, 0.3) is 21.6 Å². The van der Waals surface area contributed by atoms with E-state index in [1.807, 2.05) is 35.7 Å². The summed E-state index contributed by atoms with van der Waals surface area (Å²) >= 11 is 5.03. The van der Waals surface area contributed by atoms with Crippen LogP contribution >= 0.6 is 27.3 Å². The first-order valence-corrected chi connectivity index (χ1v) is 9.30. The van der Waals surface area contributed by atoms with Crippen LogP contribution in [-0.4, -0.2) is 14.9 Å². The Labute approximate surface area is 160 Å². The van der Waals surface area contributed by atoms with Crippen LogP contribution in [0.15, 0.2) is 64.5 Å². The third-order valence-electron chi connectivity index (χ3n) is 3.72. The number of non-ortho nitro benzene ring substituents is 1. The van der Waals surface area contributed by atoms with Crippen LogP contribution in [0, 0.1) is 10.1 Å². The lowest BCUT2D eigenvalue weighted by Crippen LogP contribution is -1.99. The number of hydrogen-bond donors (Lipinski definition) is 1. The second kappa shape index (κ2) is 6.81. The van der Waals surface area contributed by atoms with Gasteiger partial charge in [-0.25, -0.2) is 9.97 Å². The van der Waals surface area contributed by atoms with Crippen LogP contribution < -0.4 is 5.32 Å². The monoisotopic (exact) mass is 426 g/mol. The van der Waals surface area contributed by atoms with Crippen LogP contribution in [-0.2, 0) is 0 Å². The minimum Gasteiger partial charge on any atom is -0.339 e. The fourth-order valence-corrected chi connectivity index (χ4v) is 3.56. The molecule has 0 amide bonds. The third kappa shape index (κ3) is 3.29. The van der Waals surface area contributed by atoms with Crippen molar-refractivity contribution in [2.24, 2.45) is 0 Å². The number of nitro benzene ring substituents is 1. The maximum Gasteiger partial charge on any atom is 0.271 e. The topological polar surface area (TPSA) is 81.0 Å². The Balaban J connectivity index is 1.85. The Morgan fingerprint density at radius 2 is 1.96 bits per heavy atom. The largest absolute Gasteiger partial charge is 0.339 e. The number of nitrogens with zero attached hydrogens (tertiary/aromatic N) is 3. The predicted molar refractivity (Wildman–Crippen MR) is 107 cm³/mol. The van der Waals surface area contributed by atoms with Crippen LogP contribution in [0.2, 0.25) is 0 Å². The van der Waals surface area contributed by atoms with Crippen LogP contribution in [0.1, 0.15) is 0 Å². The minimum atomic E-state index is -0.420. The summed E-state index contributed by atoms with van der Waals surface area (Å²) in [4.78, 5) is 20.8. The van der Waals surface area contributed by atoms with E-state index in [9.17, 15) is 10.1 Å². The van der Waals surface area contributed by atoms with Crippen molar-refractivity contribution in [2.75, 3.05) is 5.32 Å². The molecule has 0 fully saturated rings. The van der Waals surface area contributed by atoms with Crippen molar-refractivity contribution in [1.82, 2.24) is 9.97 Å². The van der Waals surface area contributed by atoms with E-state index in [0.29, 0.717) is 17.3 Å². The lowest BCUT2D eigenvalue weighted by atomic mass is 10.2. The fraction of sp³-hybridized carbons (Fsp3) is 0. The van der Waals surface area contributed by atoms with Crippen molar-refractivity contribution in [3.63, 3.8) is 0 Å². The zero-order valence-corrected chi connectivity index (χ0v) is 15.6. The molecule has 0 aliphatic carbocycles. The highest BCUT2D eigenvalue weighted by Crippen LogP contribution is 2.31. The summed E-state index contributed by atoms with van der Waals surface area (Å²) < 4.78 is 0.902. The first kappa shape index (κ1) is 16.6. The summed E-state index contributed by atoms with van der Waals surface area (Å²) in [6, 6.07) is 16.0. The minimum absolute atomic E-state index is 0.0213. The van der Waals surface area contributed by atoms with Crippen molar-refractivity contribution < 1.29 is 4.92 Å². The number of thiophene rings is 1. The molecule has 6 nitrogen and oxygen atoms in total. The lowest BCUT2D eigenvalue weighted by Gasteiger charge is -2.11. The summed E-state index contributed by atoms with van der Waals surface area (Å²) in [5, 5.41) is 17.0. The number of benzene rings is 2. The summed E-state index contributed by atoms with van der Waals surface area (Å²) in [6.07, 6.45) is 0. The number of halogens is 1. The fourth-order valence-electron chi connectivity index (χ4n) is 2.55. The molecule has 0 unspecified atom stereocenters. The molecule has 0 radical (unpaired) electrons. The second-order valence-electron chi connectivity index (χ2n) is 5.47. The number of fused-ring (bicyclic) bond motifs is 1. The number of rotatable bonds is 4. The lowest BCUT2D eigenvalue weighted by molar-refractivity contribution is -0.384. The Hall–Kier alpha value is -2.84. The van der Waals surface area contributed by atoms with Crippen molar-refractivity contribution >= 4 is 55.4 Å². The van der Waals surface area contributed by atoms with E-state index in [1.54, 1.807) is 23.5 Å². The van der Waals surface area contributed by atoms with Crippen LogP contribution in [0.5, 0.6) is 0 Å². The Morgan fingerprint density at radius 1 is 1.08 bits per heavy atom. The zero-order chi connectivity index (χ0) is 18.1. The summed E-state index contributed by atoms with van der Waals surface area (Å²) in [7, 11) is 0. The maximum atomic E-state index is 11.0. The van der Waals surface area contributed by atoms with Gasteiger partial charge in [0.15, 0.2) is 5.82 Å². The highest BCUT2D eigenvalue weighted by atomic mass is 79.9. The molecule has 4 aromatic rings. The molecule has 0 saturated carbocycles. The molecule has 8 heteroatoms. The van der Waals surface area contributed by atoms with E-state index in [4.69, 9.17) is 0 Å². The van der Waals surface area contributed by atoms with Crippen molar-refractivity contribution in [3.8, 4) is 10.7 Å². The Morgan fingerprint density at radius 3 is 2.73 bits per heavy atom. The molecule has 0 spiro atoms.